The number of allylic oxidation sites excluding steroid dienone is 1. The summed E-state index contributed by atoms with van der Waals surface area (Å²) in [4.78, 5) is 0. The highest BCUT2D eigenvalue weighted by atomic mass is 19.2. The van der Waals surface area contributed by atoms with Crippen molar-refractivity contribution in [2.75, 3.05) is 7.11 Å². The maximum Gasteiger partial charge on any atom is 0.157 e. The molecule has 0 aromatic carbocycles. The van der Waals surface area contributed by atoms with Gasteiger partial charge in [0.05, 0.1) is 6.10 Å². The fourth-order valence-corrected chi connectivity index (χ4v) is 3.67. The summed E-state index contributed by atoms with van der Waals surface area (Å²) < 4.78 is 33.1. The van der Waals surface area contributed by atoms with Crippen LogP contribution in [0.3, 0.4) is 0 Å². The molecule has 2 fully saturated rings. The Labute approximate surface area is 109 Å². The fourth-order valence-electron chi connectivity index (χ4n) is 3.67. The number of rotatable bonds is 3. The van der Waals surface area contributed by atoms with Crippen LogP contribution in [0, 0.1) is 17.8 Å². The van der Waals surface area contributed by atoms with Crippen molar-refractivity contribution in [1.82, 2.24) is 0 Å². The van der Waals surface area contributed by atoms with Crippen LogP contribution in [0.1, 0.15) is 38.5 Å². The molecule has 0 saturated heterocycles. The molecule has 2 rings (SSSR count). The molecule has 2 saturated carbocycles. The molecule has 0 N–H and O–H groups in total. The van der Waals surface area contributed by atoms with E-state index in [0.717, 1.165) is 32.1 Å². The van der Waals surface area contributed by atoms with Gasteiger partial charge in [0.15, 0.2) is 6.17 Å². The maximum absolute atomic E-state index is 14.2. The first-order chi connectivity index (χ1) is 8.67. The van der Waals surface area contributed by atoms with Crippen LogP contribution in [-0.2, 0) is 4.74 Å². The summed E-state index contributed by atoms with van der Waals surface area (Å²) in [7, 11) is 1.47. The first kappa shape index (κ1) is 14.0. The van der Waals surface area contributed by atoms with Crippen molar-refractivity contribution < 1.29 is 13.5 Å². The minimum absolute atomic E-state index is 0.0998. The Bertz CT molecular complexity index is 274. The summed E-state index contributed by atoms with van der Waals surface area (Å²) >= 11 is 0. The van der Waals surface area contributed by atoms with Gasteiger partial charge in [-0.05, 0) is 56.3 Å². The minimum atomic E-state index is -1.44. The van der Waals surface area contributed by atoms with Crippen molar-refractivity contribution in [3.8, 4) is 0 Å². The van der Waals surface area contributed by atoms with Crippen molar-refractivity contribution in [3.05, 3.63) is 12.7 Å². The summed E-state index contributed by atoms with van der Waals surface area (Å²) in [6, 6.07) is 0. The van der Waals surface area contributed by atoms with Gasteiger partial charge >= 0.3 is 0 Å². The number of hydrogen-bond donors (Lipinski definition) is 0. The van der Waals surface area contributed by atoms with E-state index in [1.807, 2.05) is 6.08 Å². The maximum atomic E-state index is 14.2. The molecule has 0 bridgehead atoms. The molecule has 104 valence electrons. The van der Waals surface area contributed by atoms with Gasteiger partial charge in [-0.25, -0.2) is 8.78 Å². The lowest BCUT2D eigenvalue weighted by molar-refractivity contribution is -0.0714. The topological polar surface area (TPSA) is 9.23 Å². The van der Waals surface area contributed by atoms with E-state index in [9.17, 15) is 8.78 Å². The van der Waals surface area contributed by atoms with E-state index in [1.54, 1.807) is 0 Å². The Morgan fingerprint density at radius 1 is 1.00 bits per heavy atom. The number of halogens is 2. The van der Waals surface area contributed by atoms with Crippen LogP contribution in [0.15, 0.2) is 12.7 Å². The molecule has 0 spiro atoms. The highest BCUT2D eigenvalue weighted by Gasteiger charge is 2.44. The second kappa shape index (κ2) is 6.14. The summed E-state index contributed by atoms with van der Waals surface area (Å²) in [5.74, 6) is 0.834. The van der Waals surface area contributed by atoms with E-state index >= 15 is 0 Å². The van der Waals surface area contributed by atoms with Crippen LogP contribution in [0.2, 0.25) is 0 Å². The minimum Gasteiger partial charge on any atom is -0.378 e. The van der Waals surface area contributed by atoms with Crippen LogP contribution >= 0.6 is 0 Å². The molecular weight excluding hydrogens is 234 g/mol. The van der Waals surface area contributed by atoms with E-state index < -0.39 is 18.4 Å². The molecule has 0 aromatic heterocycles. The lowest BCUT2D eigenvalue weighted by Crippen LogP contribution is -2.45. The Hall–Kier alpha value is -0.440. The van der Waals surface area contributed by atoms with E-state index in [0.29, 0.717) is 18.3 Å². The van der Waals surface area contributed by atoms with Crippen LogP contribution in [0.25, 0.3) is 0 Å². The van der Waals surface area contributed by atoms with Gasteiger partial charge in [0.2, 0.25) is 0 Å². The van der Waals surface area contributed by atoms with Crippen molar-refractivity contribution in [3.63, 3.8) is 0 Å². The van der Waals surface area contributed by atoms with Gasteiger partial charge in [0.1, 0.15) is 6.17 Å². The second-order valence-electron chi connectivity index (χ2n) is 5.81. The summed E-state index contributed by atoms with van der Waals surface area (Å²) in [6.07, 6.45) is 4.32. The Morgan fingerprint density at radius 3 is 2.22 bits per heavy atom. The van der Waals surface area contributed by atoms with Gasteiger partial charge in [-0.1, -0.05) is 6.08 Å². The number of alkyl halides is 2. The van der Waals surface area contributed by atoms with E-state index in [2.05, 4.69) is 6.58 Å². The molecule has 4 atom stereocenters. The zero-order valence-corrected chi connectivity index (χ0v) is 11.2. The Kier molecular flexibility index (Phi) is 4.77. The summed E-state index contributed by atoms with van der Waals surface area (Å²) in [6.45, 7) is 3.82. The average molecular weight is 258 g/mol. The van der Waals surface area contributed by atoms with E-state index in [-0.39, 0.29) is 5.92 Å². The van der Waals surface area contributed by atoms with Crippen molar-refractivity contribution in [2.45, 2.75) is 57.0 Å². The number of hydrogen-bond acceptors (Lipinski definition) is 1. The van der Waals surface area contributed by atoms with Crippen LogP contribution < -0.4 is 0 Å². The van der Waals surface area contributed by atoms with Crippen LogP contribution in [0.4, 0.5) is 8.78 Å². The van der Waals surface area contributed by atoms with Gasteiger partial charge in [-0.3, -0.25) is 0 Å². The largest absolute Gasteiger partial charge is 0.378 e. The fraction of sp³-hybridized carbons (Fsp3) is 0.867. The lowest BCUT2D eigenvalue weighted by atomic mass is 9.69. The second-order valence-corrected chi connectivity index (χ2v) is 5.81. The SMILES string of the molecule is C=CC1CCC(C2CCC(OC)C(F)C2F)CC1. The van der Waals surface area contributed by atoms with Gasteiger partial charge < -0.3 is 4.74 Å². The first-order valence-corrected chi connectivity index (χ1v) is 7.10. The highest BCUT2D eigenvalue weighted by molar-refractivity contribution is 4.94. The third-order valence-electron chi connectivity index (χ3n) is 4.91. The van der Waals surface area contributed by atoms with Crippen molar-refractivity contribution in [1.29, 1.82) is 0 Å². The standard InChI is InChI=1S/C15H24F2O/c1-3-10-4-6-11(7-5-10)12-8-9-13(18-2)15(17)14(12)16/h3,10-15H,1,4-9H2,2H3. The van der Waals surface area contributed by atoms with Crippen molar-refractivity contribution >= 4 is 0 Å². The van der Waals surface area contributed by atoms with Gasteiger partial charge in [0, 0.05) is 7.11 Å². The molecular formula is C15H24F2O. The zero-order valence-electron chi connectivity index (χ0n) is 11.2. The third-order valence-corrected chi connectivity index (χ3v) is 4.91. The molecule has 18 heavy (non-hydrogen) atoms. The van der Waals surface area contributed by atoms with Gasteiger partial charge in [-0.15, -0.1) is 6.58 Å². The van der Waals surface area contributed by atoms with Gasteiger partial charge in [-0.2, -0.15) is 0 Å². The predicted octanol–water partition coefficient (Wildman–Crippen LogP) is 4.08. The normalized spacial score (nSPS) is 45.7. The number of methoxy groups -OCH3 is 1. The van der Waals surface area contributed by atoms with Gasteiger partial charge in [0.25, 0.3) is 0 Å². The molecule has 2 aliphatic carbocycles. The Balaban J connectivity index is 1.92. The van der Waals surface area contributed by atoms with E-state index in [4.69, 9.17) is 4.74 Å². The summed E-state index contributed by atoms with van der Waals surface area (Å²) in [5, 5.41) is 0. The van der Waals surface area contributed by atoms with E-state index in [1.165, 1.54) is 7.11 Å². The molecule has 3 heteroatoms. The quantitative estimate of drug-likeness (QED) is 0.693. The molecule has 1 nitrogen and oxygen atoms in total. The van der Waals surface area contributed by atoms with Crippen LogP contribution in [0.5, 0.6) is 0 Å². The predicted molar refractivity (Wildman–Crippen MR) is 69.0 cm³/mol. The number of ether oxygens (including phenoxy) is 1. The first-order valence-electron chi connectivity index (χ1n) is 7.10. The molecule has 4 unspecified atom stereocenters. The average Bonchev–Trinajstić information content (AvgIpc) is 2.42. The molecule has 0 heterocycles. The Morgan fingerprint density at radius 2 is 1.67 bits per heavy atom. The monoisotopic (exact) mass is 258 g/mol. The molecule has 0 amide bonds. The zero-order chi connectivity index (χ0) is 13.1. The highest BCUT2D eigenvalue weighted by Crippen LogP contribution is 2.42. The molecule has 0 aliphatic heterocycles. The molecule has 0 radical (unpaired) electrons. The molecule has 0 aromatic rings. The molecule has 2 aliphatic rings. The van der Waals surface area contributed by atoms with Crippen molar-refractivity contribution in [2.24, 2.45) is 17.8 Å². The lowest BCUT2D eigenvalue weighted by Gasteiger charge is -2.40. The third kappa shape index (κ3) is 2.76. The summed E-state index contributed by atoms with van der Waals surface area (Å²) in [5.41, 5.74) is 0. The smallest absolute Gasteiger partial charge is 0.157 e. The van der Waals surface area contributed by atoms with Crippen LogP contribution in [-0.4, -0.2) is 25.6 Å².